The van der Waals surface area contributed by atoms with Crippen LogP contribution in [0.5, 0.6) is 0 Å². The van der Waals surface area contributed by atoms with E-state index in [9.17, 15) is 0 Å². The van der Waals surface area contributed by atoms with Crippen molar-refractivity contribution in [3.05, 3.63) is 30.6 Å². The number of nitrogens with two attached hydrogens (primary N) is 1. The molecule has 0 amide bonds. The van der Waals surface area contributed by atoms with Crippen molar-refractivity contribution in [2.75, 3.05) is 5.73 Å². The molecule has 4 heteroatoms. The fourth-order valence-corrected chi connectivity index (χ4v) is 1.75. The molecule has 3 rings (SSSR count). The Bertz CT molecular complexity index is 485. The standard InChI is InChI=1S/C11H12N4/c12-9-3-1-2-8(6-9)11-14-13-7-15(11)10-4-5-10/h1-3,6-7,10H,4-5,12H2. The number of benzene rings is 1. The lowest BCUT2D eigenvalue weighted by molar-refractivity contribution is 0.746. The Kier molecular flexibility index (Phi) is 1.74. The lowest BCUT2D eigenvalue weighted by Gasteiger charge is -2.04. The van der Waals surface area contributed by atoms with E-state index in [1.165, 1.54) is 12.8 Å². The van der Waals surface area contributed by atoms with Gasteiger partial charge in [0.1, 0.15) is 6.33 Å². The molecule has 0 radical (unpaired) electrons. The van der Waals surface area contributed by atoms with E-state index in [0.29, 0.717) is 6.04 Å². The molecule has 1 saturated carbocycles. The molecule has 1 fully saturated rings. The minimum absolute atomic E-state index is 0.594. The molecule has 0 aliphatic heterocycles. The van der Waals surface area contributed by atoms with Crippen LogP contribution in [0.25, 0.3) is 11.4 Å². The summed E-state index contributed by atoms with van der Waals surface area (Å²) in [6, 6.07) is 8.36. The fraction of sp³-hybridized carbons (Fsp3) is 0.273. The topological polar surface area (TPSA) is 56.7 Å². The van der Waals surface area contributed by atoms with Crippen molar-refractivity contribution < 1.29 is 0 Å². The van der Waals surface area contributed by atoms with Crippen LogP contribution in [0.4, 0.5) is 5.69 Å². The lowest BCUT2D eigenvalue weighted by Crippen LogP contribution is -1.96. The third kappa shape index (κ3) is 1.48. The molecule has 1 aliphatic rings. The van der Waals surface area contributed by atoms with Crippen molar-refractivity contribution in [1.29, 1.82) is 0 Å². The monoisotopic (exact) mass is 200 g/mol. The molecule has 2 aromatic rings. The molecule has 15 heavy (non-hydrogen) atoms. The zero-order chi connectivity index (χ0) is 10.3. The number of hydrogen-bond donors (Lipinski definition) is 1. The normalized spacial score (nSPS) is 15.5. The summed E-state index contributed by atoms with van der Waals surface area (Å²) in [5.41, 5.74) is 7.55. The van der Waals surface area contributed by atoms with E-state index in [1.54, 1.807) is 6.33 Å². The smallest absolute Gasteiger partial charge is 0.164 e. The minimum Gasteiger partial charge on any atom is -0.399 e. The molecule has 1 aromatic heterocycles. The molecule has 76 valence electrons. The van der Waals surface area contributed by atoms with Gasteiger partial charge in [-0.2, -0.15) is 0 Å². The van der Waals surface area contributed by atoms with Crippen LogP contribution in [0.1, 0.15) is 18.9 Å². The maximum Gasteiger partial charge on any atom is 0.164 e. The second-order valence-corrected chi connectivity index (χ2v) is 3.92. The first-order chi connectivity index (χ1) is 7.34. The zero-order valence-electron chi connectivity index (χ0n) is 8.30. The Balaban J connectivity index is 2.07. The third-order valence-electron chi connectivity index (χ3n) is 2.66. The molecule has 0 unspecified atom stereocenters. The van der Waals surface area contributed by atoms with Crippen molar-refractivity contribution in [3.8, 4) is 11.4 Å². The number of anilines is 1. The summed E-state index contributed by atoms with van der Waals surface area (Å²) >= 11 is 0. The Labute approximate surface area is 87.7 Å². The highest BCUT2D eigenvalue weighted by Gasteiger charge is 2.26. The summed E-state index contributed by atoms with van der Waals surface area (Å²) in [6.07, 6.45) is 4.26. The first-order valence-corrected chi connectivity index (χ1v) is 5.10. The number of aromatic nitrogens is 3. The molecule has 0 saturated heterocycles. The van der Waals surface area contributed by atoms with Crippen LogP contribution in [0.2, 0.25) is 0 Å². The molecule has 2 N–H and O–H groups in total. The van der Waals surface area contributed by atoms with E-state index in [1.807, 2.05) is 24.3 Å². The molecule has 0 spiro atoms. The Morgan fingerprint density at radius 3 is 2.93 bits per heavy atom. The van der Waals surface area contributed by atoms with Crippen LogP contribution < -0.4 is 5.73 Å². The van der Waals surface area contributed by atoms with Gasteiger partial charge in [0.05, 0.1) is 0 Å². The van der Waals surface area contributed by atoms with Crippen molar-refractivity contribution in [2.24, 2.45) is 0 Å². The lowest BCUT2D eigenvalue weighted by atomic mass is 10.2. The summed E-state index contributed by atoms with van der Waals surface area (Å²) in [7, 11) is 0. The Morgan fingerprint density at radius 2 is 2.20 bits per heavy atom. The first kappa shape index (κ1) is 8.47. The van der Waals surface area contributed by atoms with Crippen LogP contribution in [-0.2, 0) is 0 Å². The highest BCUT2D eigenvalue weighted by Crippen LogP contribution is 2.37. The van der Waals surface area contributed by atoms with Crippen molar-refractivity contribution in [3.63, 3.8) is 0 Å². The van der Waals surface area contributed by atoms with Crippen molar-refractivity contribution in [2.45, 2.75) is 18.9 Å². The van der Waals surface area contributed by atoms with E-state index < -0.39 is 0 Å². The van der Waals surface area contributed by atoms with E-state index in [2.05, 4.69) is 14.8 Å². The molecule has 1 heterocycles. The van der Waals surface area contributed by atoms with Gasteiger partial charge in [-0.05, 0) is 25.0 Å². The summed E-state index contributed by atoms with van der Waals surface area (Å²) in [5, 5.41) is 8.11. The average molecular weight is 200 g/mol. The number of nitrogens with zero attached hydrogens (tertiary/aromatic N) is 3. The summed E-state index contributed by atoms with van der Waals surface area (Å²) in [6.45, 7) is 0. The SMILES string of the molecule is Nc1cccc(-c2nncn2C2CC2)c1. The maximum atomic E-state index is 5.75. The summed E-state index contributed by atoms with van der Waals surface area (Å²) in [5.74, 6) is 0.921. The second-order valence-electron chi connectivity index (χ2n) is 3.92. The summed E-state index contributed by atoms with van der Waals surface area (Å²) < 4.78 is 2.13. The van der Waals surface area contributed by atoms with Crippen LogP contribution in [-0.4, -0.2) is 14.8 Å². The van der Waals surface area contributed by atoms with Gasteiger partial charge < -0.3 is 10.3 Å². The van der Waals surface area contributed by atoms with Crippen LogP contribution >= 0.6 is 0 Å². The highest BCUT2D eigenvalue weighted by atomic mass is 15.3. The molecular weight excluding hydrogens is 188 g/mol. The van der Waals surface area contributed by atoms with Crippen LogP contribution in [0.15, 0.2) is 30.6 Å². The number of hydrogen-bond acceptors (Lipinski definition) is 3. The molecule has 0 bridgehead atoms. The summed E-state index contributed by atoms with van der Waals surface area (Å²) in [4.78, 5) is 0. The largest absolute Gasteiger partial charge is 0.399 e. The van der Waals surface area contributed by atoms with Gasteiger partial charge >= 0.3 is 0 Å². The van der Waals surface area contributed by atoms with E-state index in [0.717, 1.165) is 17.1 Å². The maximum absolute atomic E-state index is 5.75. The molecule has 4 nitrogen and oxygen atoms in total. The quantitative estimate of drug-likeness (QED) is 0.753. The van der Waals surface area contributed by atoms with Crippen LogP contribution in [0.3, 0.4) is 0 Å². The van der Waals surface area contributed by atoms with Gasteiger partial charge in [0.2, 0.25) is 0 Å². The van der Waals surface area contributed by atoms with Gasteiger partial charge in [-0.3, -0.25) is 0 Å². The Hall–Kier alpha value is -1.84. The molecule has 1 aliphatic carbocycles. The third-order valence-corrected chi connectivity index (χ3v) is 2.66. The van der Waals surface area contributed by atoms with E-state index in [-0.39, 0.29) is 0 Å². The fourth-order valence-electron chi connectivity index (χ4n) is 1.75. The van der Waals surface area contributed by atoms with Gasteiger partial charge in [0, 0.05) is 17.3 Å². The highest BCUT2D eigenvalue weighted by molar-refractivity contribution is 5.61. The first-order valence-electron chi connectivity index (χ1n) is 5.10. The van der Waals surface area contributed by atoms with E-state index in [4.69, 9.17) is 5.73 Å². The average Bonchev–Trinajstić information content (AvgIpc) is 2.96. The predicted octanol–water partition coefficient (Wildman–Crippen LogP) is 1.86. The Morgan fingerprint density at radius 1 is 1.33 bits per heavy atom. The van der Waals surface area contributed by atoms with Gasteiger partial charge in [-0.25, -0.2) is 0 Å². The minimum atomic E-state index is 0.594. The second kappa shape index (κ2) is 3.08. The van der Waals surface area contributed by atoms with Gasteiger partial charge in [-0.1, -0.05) is 12.1 Å². The predicted molar refractivity (Wildman–Crippen MR) is 58.1 cm³/mol. The van der Waals surface area contributed by atoms with Gasteiger partial charge in [0.15, 0.2) is 5.82 Å². The zero-order valence-corrected chi connectivity index (χ0v) is 8.30. The van der Waals surface area contributed by atoms with Crippen molar-refractivity contribution in [1.82, 2.24) is 14.8 Å². The molecule has 0 atom stereocenters. The number of nitrogen functional groups attached to an aromatic ring is 1. The van der Waals surface area contributed by atoms with E-state index >= 15 is 0 Å². The number of rotatable bonds is 2. The van der Waals surface area contributed by atoms with Gasteiger partial charge in [0.25, 0.3) is 0 Å². The molecule has 1 aromatic carbocycles. The van der Waals surface area contributed by atoms with Gasteiger partial charge in [-0.15, -0.1) is 10.2 Å². The van der Waals surface area contributed by atoms with Crippen molar-refractivity contribution >= 4 is 5.69 Å². The molecular formula is C11H12N4. The van der Waals surface area contributed by atoms with Crippen LogP contribution in [0, 0.1) is 0 Å².